The maximum atomic E-state index is 12.3. The lowest BCUT2D eigenvalue weighted by Crippen LogP contribution is -2.17. The fourth-order valence-electron chi connectivity index (χ4n) is 1.92. The van der Waals surface area contributed by atoms with E-state index in [0.29, 0.717) is 11.6 Å². The van der Waals surface area contributed by atoms with Gasteiger partial charge < -0.3 is 9.15 Å². The average molecular weight is 313 g/mol. The molecule has 8 heteroatoms. The lowest BCUT2D eigenvalue weighted by molar-refractivity contribution is 0.101. The fraction of sp³-hybridized carbons (Fsp3) is 0.200. The second-order valence-electron chi connectivity index (χ2n) is 4.99. The van der Waals surface area contributed by atoms with Crippen LogP contribution in [0, 0.1) is 0 Å². The van der Waals surface area contributed by atoms with Crippen molar-refractivity contribution in [2.45, 2.75) is 20.0 Å². The number of amides is 1. The Labute approximate surface area is 131 Å². The zero-order valence-electron chi connectivity index (χ0n) is 12.6. The summed E-state index contributed by atoms with van der Waals surface area (Å²) < 4.78 is 10.6. The number of aromatic nitrogens is 4. The molecule has 0 atom stereocenters. The number of nitrogens with one attached hydrogen (secondary N) is 2. The SMILES string of the molecule is CC(C)Oc1cccnc1C(=O)Nc1n[nH]c(-c2ccoc2)n1. The van der Waals surface area contributed by atoms with Crippen LogP contribution < -0.4 is 10.1 Å². The minimum Gasteiger partial charge on any atom is -0.489 e. The highest BCUT2D eigenvalue weighted by Gasteiger charge is 2.17. The highest BCUT2D eigenvalue weighted by molar-refractivity contribution is 6.03. The molecular formula is C15H15N5O3. The van der Waals surface area contributed by atoms with Gasteiger partial charge in [-0.15, -0.1) is 5.10 Å². The van der Waals surface area contributed by atoms with Gasteiger partial charge in [-0.1, -0.05) is 0 Å². The molecule has 2 N–H and O–H groups in total. The molecule has 0 saturated heterocycles. The van der Waals surface area contributed by atoms with Crippen molar-refractivity contribution in [2.75, 3.05) is 5.32 Å². The van der Waals surface area contributed by atoms with Crippen LogP contribution in [-0.4, -0.2) is 32.2 Å². The normalized spacial score (nSPS) is 10.7. The number of pyridine rings is 1. The topological polar surface area (TPSA) is 106 Å². The largest absolute Gasteiger partial charge is 0.489 e. The van der Waals surface area contributed by atoms with E-state index in [-0.39, 0.29) is 17.7 Å². The van der Waals surface area contributed by atoms with Gasteiger partial charge in [0.25, 0.3) is 5.91 Å². The van der Waals surface area contributed by atoms with Gasteiger partial charge in [-0.2, -0.15) is 4.98 Å². The Balaban J connectivity index is 1.77. The van der Waals surface area contributed by atoms with Crippen LogP contribution in [0.5, 0.6) is 5.75 Å². The molecule has 8 nitrogen and oxygen atoms in total. The quantitative estimate of drug-likeness (QED) is 0.749. The number of carbonyl (C=O) groups is 1. The molecule has 3 heterocycles. The molecule has 23 heavy (non-hydrogen) atoms. The standard InChI is InChI=1S/C15H15N5O3/c1-9(2)23-11-4-3-6-16-12(11)14(21)18-15-17-13(19-20-15)10-5-7-22-8-10/h3-9H,1-2H3,(H2,17,18,19,20,21). The Morgan fingerprint density at radius 1 is 1.39 bits per heavy atom. The maximum absolute atomic E-state index is 12.3. The molecule has 0 aliphatic rings. The Morgan fingerprint density at radius 3 is 3.00 bits per heavy atom. The summed E-state index contributed by atoms with van der Waals surface area (Å²) in [5.41, 5.74) is 0.913. The number of hydrogen-bond donors (Lipinski definition) is 2. The van der Waals surface area contributed by atoms with Crippen LogP contribution in [0.25, 0.3) is 11.4 Å². The number of ether oxygens (including phenoxy) is 1. The Morgan fingerprint density at radius 2 is 2.26 bits per heavy atom. The van der Waals surface area contributed by atoms with Crippen molar-refractivity contribution >= 4 is 11.9 Å². The minimum atomic E-state index is -0.445. The predicted octanol–water partition coefficient (Wildman–Crippen LogP) is 2.50. The first-order valence-corrected chi connectivity index (χ1v) is 7.01. The van der Waals surface area contributed by atoms with Crippen molar-refractivity contribution in [3.8, 4) is 17.1 Å². The van der Waals surface area contributed by atoms with Gasteiger partial charge in [0.15, 0.2) is 17.3 Å². The van der Waals surface area contributed by atoms with Crippen molar-refractivity contribution < 1.29 is 13.9 Å². The van der Waals surface area contributed by atoms with E-state index < -0.39 is 5.91 Å². The molecule has 0 saturated carbocycles. The molecule has 0 aliphatic carbocycles. The van der Waals surface area contributed by atoms with Crippen LogP contribution in [0.4, 0.5) is 5.95 Å². The second kappa shape index (κ2) is 6.30. The van der Waals surface area contributed by atoms with Crippen LogP contribution in [0.15, 0.2) is 41.3 Å². The van der Waals surface area contributed by atoms with Crippen LogP contribution in [0.1, 0.15) is 24.3 Å². The van der Waals surface area contributed by atoms with E-state index in [1.54, 1.807) is 18.2 Å². The molecule has 1 amide bonds. The zero-order chi connectivity index (χ0) is 16.2. The van der Waals surface area contributed by atoms with Gasteiger partial charge in [-0.05, 0) is 32.0 Å². The average Bonchev–Trinajstić information content (AvgIpc) is 3.17. The summed E-state index contributed by atoms with van der Waals surface area (Å²) in [6, 6.07) is 5.13. The number of H-pyrrole nitrogens is 1. The van der Waals surface area contributed by atoms with Crippen molar-refractivity contribution in [3.05, 3.63) is 42.6 Å². The van der Waals surface area contributed by atoms with Gasteiger partial charge in [0.1, 0.15) is 6.26 Å². The van der Waals surface area contributed by atoms with Gasteiger partial charge in [0, 0.05) is 6.20 Å². The molecule has 0 fully saturated rings. The Hall–Kier alpha value is -3.16. The number of furan rings is 1. The summed E-state index contributed by atoms with van der Waals surface area (Å²) in [4.78, 5) is 20.6. The van der Waals surface area contributed by atoms with Crippen LogP contribution in [0.3, 0.4) is 0 Å². The molecule has 0 radical (unpaired) electrons. The van der Waals surface area contributed by atoms with E-state index in [1.807, 2.05) is 13.8 Å². The second-order valence-corrected chi connectivity index (χ2v) is 4.99. The molecule has 3 aromatic rings. The third kappa shape index (κ3) is 3.37. The van der Waals surface area contributed by atoms with E-state index in [1.165, 1.54) is 18.7 Å². The third-order valence-corrected chi connectivity index (χ3v) is 2.85. The molecule has 0 spiro atoms. The van der Waals surface area contributed by atoms with Crippen molar-refractivity contribution in [3.63, 3.8) is 0 Å². The number of nitrogens with zero attached hydrogens (tertiary/aromatic N) is 3. The van der Waals surface area contributed by atoms with Gasteiger partial charge in [0.05, 0.1) is 17.9 Å². The first kappa shape index (κ1) is 14.8. The lowest BCUT2D eigenvalue weighted by Gasteiger charge is -2.12. The highest BCUT2D eigenvalue weighted by atomic mass is 16.5. The zero-order valence-corrected chi connectivity index (χ0v) is 12.6. The molecule has 0 aromatic carbocycles. The van der Waals surface area contributed by atoms with Gasteiger partial charge in [-0.25, -0.2) is 4.98 Å². The molecule has 0 aliphatic heterocycles. The number of rotatable bonds is 5. The first-order valence-electron chi connectivity index (χ1n) is 7.01. The lowest BCUT2D eigenvalue weighted by atomic mass is 10.3. The molecule has 118 valence electrons. The van der Waals surface area contributed by atoms with Gasteiger partial charge in [-0.3, -0.25) is 15.2 Å². The van der Waals surface area contributed by atoms with Crippen molar-refractivity contribution in [1.82, 2.24) is 20.2 Å². The molecule has 0 unspecified atom stereocenters. The predicted molar refractivity (Wildman–Crippen MR) is 82.0 cm³/mol. The summed E-state index contributed by atoms with van der Waals surface area (Å²) >= 11 is 0. The number of hydrogen-bond acceptors (Lipinski definition) is 6. The van der Waals surface area contributed by atoms with Crippen LogP contribution >= 0.6 is 0 Å². The van der Waals surface area contributed by atoms with Crippen LogP contribution in [0.2, 0.25) is 0 Å². The van der Waals surface area contributed by atoms with E-state index in [2.05, 4.69) is 25.5 Å². The summed E-state index contributed by atoms with van der Waals surface area (Å²) in [5.74, 6) is 0.602. The molecule has 3 rings (SSSR count). The maximum Gasteiger partial charge on any atom is 0.280 e. The minimum absolute atomic E-state index is 0.0676. The number of carbonyl (C=O) groups excluding carboxylic acids is 1. The summed E-state index contributed by atoms with van der Waals surface area (Å²) in [6.45, 7) is 3.75. The number of anilines is 1. The highest BCUT2D eigenvalue weighted by Crippen LogP contribution is 2.19. The van der Waals surface area contributed by atoms with E-state index >= 15 is 0 Å². The number of aromatic amines is 1. The van der Waals surface area contributed by atoms with Crippen molar-refractivity contribution in [1.29, 1.82) is 0 Å². The van der Waals surface area contributed by atoms with Gasteiger partial charge >= 0.3 is 0 Å². The van der Waals surface area contributed by atoms with Gasteiger partial charge in [0.2, 0.25) is 5.95 Å². The molecule has 0 bridgehead atoms. The Kier molecular flexibility index (Phi) is 4.05. The summed E-state index contributed by atoms with van der Waals surface area (Å²) in [5, 5.41) is 9.26. The monoisotopic (exact) mass is 313 g/mol. The molecular weight excluding hydrogens is 298 g/mol. The third-order valence-electron chi connectivity index (χ3n) is 2.85. The van der Waals surface area contributed by atoms with E-state index in [9.17, 15) is 4.79 Å². The van der Waals surface area contributed by atoms with Crippen molar-refractivity contribution in [2.24, 2.45) is 0 Å². The fourth-order valence-corrected chi connectivity index (χ4v) is 1.92. The Bertz CT molecular complexity index is 795. The van der Waals surface area contributed by atoms with E-state index in [0.717, 1.165) is 5.56 Å². The summed E-state index contributed by atoms with van der Waals surface area (Å²) in [7, 11) is 0. The smallest absolute Gasteiger partial charge is 0.280 e. The van der Waals surface area contributed by atoms with E-state index in [4.69, 9.17) is 9.15 Å². The summed E-state index contributed by atoms with van der Waals surface area (Å²) in [6.07, 6.45) is 4.51. The first-order chi connectivity index (χ1) is 11.1. The molecule has 3 aromatic heterocycles. The van der Waals surface area contributed by atoms with Crippen LogP contribution in [-0.2, 0) is 0 Å².